The maximum Gasteiger partial charge on any atom is 0.435 e. The Morgan fingerprint density at radius 3 is 2.13 bits per heavy atom. The highest BCUT2D eigenvalue weighted by Crippen LogP contribution is 2.34. The number of nitrogens with two attached hydrogens (primary N) is 1. The van der Waals surface area contributed by atoms with Gasteiger partial charge in [-0.15, -0.1) is 11.3 Å². The molecule has 2 aromatic heterocycles. The summed E-state index contributed by atoms with van der Waals surface area (Å²) in [5, 5.41) is 10.6. The predicted octanol–water partition coefficient (Wildman–Crippen LogP) is 4.33. The number of rotatable bonds is 4. The van der Waals surface area contributed by atoms with Crippen molar-refractivity contribution < 1.29 is 21.6 Å². The van der Waals surface area contributed by atoms with Crippen molar-refractivity contribution in [1.82, 2.24) is 14.8 Å². The average molecular weight is 450 g/mol. The summed E-state index contributed by atoms with van der Waals surface area (Å²) in [6.07, 6.45) is -4.64. The molecule has 30 heavy (non-hydrogen) atoms. The van der Waals surface area contributed by atoms with Crippen molar-refractivity contribution in [2.24, 2.45) is 5.14 Å². The fraction of sp³-hybridized carbons (Fsp3) is 0.0526. The van der Waals surface area contributed by atoms with Crippen LogP contribution in [-0.4, -0.2) is 23.2 Å². The van der Waals surface area contributed by atoms with E-state index in [9.17, 15) is 21.6 Å². The molecule has 0 saturated carbocycles. The molecule has 0 aliphatic rings. The van der Waals surface area contributed by atoms with E-state index in [4.69, 9.17) is 5.14 Å². The van der Waals surface area contributed by atoms with Gasteiger partial charge in [-0.25, -0.2) is 23.2 Å². The van der Waals surface area contributed by atoms with Crippen molar-refractivity contribution in [3.05, 3.63) is 71.2 Å². The first-order valence-electron chi connectivity index (χ1n) is 8.42. The molecular weight excluding hydrogens is 437 g/mol. The van der Waals surface area contributed by atoms with Crippen LogP contribution in [0.2, 0.25) is 0 Å². The Kier molecular flexibility index (Phi) is 4.96. The van der Waals surface area contributed by atoms with Crippen molar-refractivity contribution >= 4 is 21.4 Å². The molecule has 0 aliphatic heterocycles. The van der Waals surface area contributed by atoms with Crippen molar-refractivity contribution in [1.29, 1.82) is 0 Å². The Morgan fingerprint density at radius 1 is 0.967 bits per heavy atom. The van der Waals surface area contributed by atoms with Crippen molar-refractivity contribution in [2.45, 2.75) is 11.1 Å². The molecule has 4 aromatic rings. The number of primary sulfonamides is 1. The fourth-order valence-electron chi connectivity index (χ4n) is 2.87. The second-order valence-corrected chi connectivity index (χ2v) is 8.59. The quantitative estimate of drug-likeness (QED) is 0.501. The van der Waals surface area contributed by atoms with Crippen molar-refractivity contribution in [3.8, 4) is 28.2 Å². The zero-order valence-corrected chi connectivity index (χ0v) is 16.7. The number of nitrogens with zero attached hydrogens (tertiary/aromatic N) is 3. The van der Waals surface area contributed by atoms with Gasteiger partial charge in [-0.1, -0.05) is 24.3 Å². The Labute approximate surface area is 173 Å². The highest BCUT2D eigenvalue weighted by atomic mass is 32.2. The molecule has 6 nitrogen and oxygen atoms in total. The highest BCUT2D eigenvalue weighted by molar-refractivity contribution is 7.89. The lowest BCUT2D eigenvalue weighted by Gasteiger charge is -2.09. The van der Waals surface area contributed by atoms with Gasteiger partial charge in [-0.05, 0) is 30.3 Å². The molecule has 2 aromatic carbocycles. The minimum Gasteiger partial charge on any atom is -0.245 e. The lowest BCUT2D eigenvalue weighted by Crippen LogP contribution is -2.12. The first kappa shape index (κ1) is 20.3. The molecule has 0 radical (unpaired) electrons. The van der Waals surface area contributed by atoms with Crippen molar-refractivity contribution in [3.63, 3.8) is 0 Å². The standard InChI is InChI=1S/C19H13F3N4O2S2/c20-19(21,22)18-9-17(13-3-1-12(2-4-13)16-10-29-11-24-16)26(25-18)14-5-7-15(8-6-14)30(23,27)28/h1-11H,(H2,23,27,28). The fourth-order valence-corrected chi connectivity index (χ4v) is 3.94. The molecule has 0 bridgehead atoms. The maximum absolute atomic E-state index is 13.3. The molecular formula is C19H13F3N4O2S2. The third kappa shape index (κ3) is 3.99. The normalized spacial score (nSPS) is 12.3. The van der Waals surface area contributed by atoms with Gasteiger partial charge in [0.15, 0.2) is 5.69 Å². The highest BCUT2D eigenvalue weighted by Gasteiger charge is 2.35. The second kappa shape index (κ2) is 7.35. The van der Waals surface area contributed by atoms with Crippen LogP contribution in [0, 0.1) is 0 Å². The minimum atomic E-state index is -4.64. The number of hydrogen-bond acceptors (Lipinski definition) is 5. The molecule has 11 heteroatoms. The summed E-state index contributed by atoms with van der Waals surface area (Å²) in [5.74, 6) is 0. The molecule has 2 N–H and O–H groups in total. The first-order valence-corrected chi connectivity index (χ1v) is 10.9. The Morgan fingerprint density at radius 2 is 1.60 bits per heavy atom. The van der Waals surface area contributed by atoms with E-state index < -0.39 is 21.9 Å². The van der Waals surface area contributed by atoms with Gasteiger partial charge in [0.05, 0.1) is 27.5 Å². The topological polar surface area (TPSA) is 90.9 Å². The monoisotopic (exact) mass is 450 g/mol. The second-order valence-electron chi connectivity index (χ2n) is 6.31. The Hall–Kier alpha value is -3.02. The third-order valence-corrected chi connectivity index (χ3v) is 5.83. The van der Waals surface area contributed by atoms with Crippen LogP contribution in [0.3, 0.4) is 0 Å². The summed E-state index contributed by atoms with van der Waals surface area (Å²) in [7, 11) is -3.92. The molecule has 0 saturated heterocycles. The van der Waals surface area contributed by atoms with E-state index in [2.05, 4.69) is 10.1 Å². The van der Waals surface area contributed by atoms with Gasteiger partial charge >= 0.3 is 6.18 Å². The predicted molar refractivity (Wildman–Crippen MR) is 106 cm³/mol. The van der Waals surface area contributed by atoms with E-state index in [-0.39, 0.29) is 16.3 Å². The van der Waals surface area contributed by atoms with Crippen LogP contribution in [0.1, 0.15) is 5.69 Å². The summed E-state index contributed by atoms with van der Waals surface area (Å²) in [4.78, 5) is 4.06. The van der Waals surface area contributed by atoms with E-state index >= 15 is 0 Å². The number of thiazole rings is 1. The van der Waals surface area contributed by atoms with E-state index in [1.807, 2.05) is 5.38 Å². The third-order valence-electron chi connectivity index (χ3n) is 4.32. The Bertz CT molecular complexity index is 1280. The molecule has 2 heterocycles. The molecule has 0 fully saturated rings. The number of aromatic nitrogens is 3. The molecule has 0 aliphatic carbocycles. The van der Waals surface area contributed by atoms with E-state index in [1.165, 1.54) is 35.6 Å². The molecule has 0 unspecified atom stereocenters. The Balaban J connectivity index is 1.80. The average Bonchev–Trinajstić information content (AvgIpc) is 3.37. The summed E-state index contributed by atoms with van der Waals surface area (Å²) in [5.41, 5.74) is 3.21. The van der Waals surface area contributed by atoms with Crippen LogP contribution in [0.25, 0.3) is 28.2 Å². The van der Waals surface area contributed by atoms with Gasteiger partial charge in [0.1, 0.15) is 0 Å². The minimum absolute atomic E-state index is 0.149. The van der Waals surface area contributed by atoms with Crippen LogP contribution in [-0.2, 0) is 16.2 Å². The molecule has 154 valence electrons. The van der Waals surface area contributed by atoms with Gasteiger partial charge in [0, 0.05) is 16.5 Å². The van der Waals surface area contributed by atoms with Gasteiger partial charge in [-0.2, -0.15) is 18.3 Å². The van der Waals surface area contributed by atoms with Gasteiger partial charge in [0.2, 0.25) is 10.0 Å². The number of benzene rings is 2. The maximum atomic E-state index is 13.3. The van der Waals surface area contributed by atoms with E-state index in [0.717, 1.165) is 22.0 Å². The number of alkyl halides is 3. The van der Waals surface area contributed by atoms with Gasteiger partial charge in [0.25, 0.3) is 0 Å². The molecule has 4 rings (SSSR count). The number of hydrogen-bond donors (Lipinski definition) is 1. The van der Waals surface area contributed by atoms with Gasteiger partial charge < -0.3 is 0 Å². The summed E-state index contributed by atoms with van der Waals surface area (Å²) in [6.45, 7) is 0. The van der Waals surface area contributed by atoms with Crippen LogP contribution in [0.15, 0.2) is 70.4 Å². The smallest absolute Gasteiger partial charge is 0.245 e. The van der Waals surface area contributed by atoms with Crippen LogP contribution >= 0.6 is 11.3 Å². The van der Waals surface area contributed by atoms with Crippen LogP contribution < -0.4 is 5.14 Å². The SMILES string of the molecule is NS(=O)(=O)c1ccc(-n2nc(C(F)(F)F)cc2-c2ccc(-c3cscn3)cc2)cc1. The summed E-state index contributed by atoms with van der Waals surface area (Å²) in [6, 6.07) is 13.0. The zero-order valence-electron chi connectivity index (χ0n) is 15.0. The van der Waals surface area contributed by atoms with Gasteiger partial charge in [-0.3, -0.25) is 0 Å². The molecule has 0 atom stereocenters. The lowest BCUT2D eigenvalue weighted by atomic mass is 10.1. The van der Waals surface area contributed by atoms with Crippen LogP contribution in [0.4, 0.5) is 13.2 Å². The zero-order chi connectivity index (χ0) is 21.5. The molecule has 0 amide bonds. The lowest BCUT2D eigenvalue weighted by molar-refractivity contribution is -0.141. The first-order chi connectivity index (χ1) is 14.1. The van der Waals surface area contributed by atoms with Crippen LogP contribution in [0.5, 0.6) is 0 Å². The number of sulfonamides is 1. The van der Waals surface area contributed by atoms with E-state index in [0.29, 0.717) is 5.56 Å². The molecule has 0 spiro atoms. The summed E-state index contributed by atoms with van der Waals surface area (Å²) < 4.78 is 63.9. The van der Waals surface area contributed by atoms with E-state index in [1.54, 1.807) is 29.8 Å². The largest absolute Gasteiger partial charge is 0.435 e. The summed E-state index contributed by atoms with van der Waals surface area (Å²) >= 11 is 1.44. The van der Waals surface area contributed by atoms with Crippen molar-refractivity contribution in [2.75, 3.05) is 0 Å². The number of halogens is 3.